The van der Waals surface area contributed by atoms with E-state index in [2.05, 4.69) is 34.6 Å². The molecule has 0 spiro atoms. The van der Waals surface area contributed by atoms with E-state index in [1.54, 1.807) is 18.2 Å². The fraction of sp³-hybridized carbons (Fsp3) is 0.364. The molecule has 3 aromatic rings. The Hall–Kier alpha value is -3.06. The summed E-state index contributed by atoms with van der Waals surface area (Å²) in [4.78, 5) is 29.4. The van der Waals surface area contributed by atoms with Crippen molar-refractivity contribution in [2.75, 3.05) is 26.2 Å². The average molecular weight is 392 g/mol. The number of carbonyl (C=O) groups is 1. The van der Waals surface area contributed by atoms with Crippen molar-refractivity contribution in [1.82, 2.24) is 19.9 Å². The molecule has 0 radical (unpaired) electrons. The largest absolute Gasteiger partial charge is 0.330 e. The summed E-state index contributed by atoms with van der Waals surface area (Å²) >= 11 is 0. The number of carbonyl (C=O) groups excluding carboxylic acids is 1. The molecule has 0 aliphatic carbocycles. The molecule has 1 N–H and O–H groups in total. The van der Waals surface area contributed by atoms with E-state index in [9.17, 15) is 9.59 Å². The van der Waals surface area contributed by atoms with E-state index in [0.29, 0.717) is 30.4 Å². The van der Waals surface area contributed by atoms with Crippen molar-refractivity contribution >= 4 is 16.8 Å². The summed E-state index contributed by atoms with van der Waals surface area (Å²) in [6, 6.07) is 16.9. The van der Waals surface area contributed by atoms with E-state index in [-0.39, 0.29) is 11.5 Å². The Morgan fingerprint density at radius 2 is 1.76 bits per heavy atom. The van der Waals surface area contributed by atoms with E-state index in [0.717, 1.165) is 19.6 Å². The molecule has 1 aliphatic rings. The van der Waals surface area contributed by atoms with Crippen LogP contribution in [0.2, 0.25) is 0 Å². The van der Waals surface area contributed by atoms with Gasteiger partial charge >= 0.3 is 0 Å². The molecule has 1 amide bonds. The number of piperazine rings is 1. The molecule has 1 aromatic heterocycles. The van der Waals surface area contributed by atoms with Crippen LogP contribution in [-0.4, -0.2) is 52.0 Å². The van der Waals surface area contributed by atoms with Crippen LogP contribution >= 0.6 is 0 Å². The van der Waals surface area contributed by atoms with Gasteiger partial charge in [-0.3, -0.25) is 9.59 Å². The average Bonchev–Trinajstić information content (AvgIpc) is 2.77. The van der Waals surface area contributed by atoms with Gasteiger partial charge in [-0.25, -0.2) is 0 Å². The van der Waals surface area contributed by atoms with Crippen LogP contribution in [-0.2, 0) is 11.3 Å². The minimum absolute atomic E-state index is 0.0436. The number of benzene rings is 2. The quantitative estimate of drug-likeness (QED) is 0.693. The fourth-order valence-corrected chi connectivity index (χ4v) is 3.97. The summed E-state index contributed by atoms with van der Waals surface area (Å²) in [6.07, 6.45) is 0.503. The van der Waals surface area contributed by atoms with Gasteiger partial charge in [0.1, 0.15) is 18.1 Å². The van der Waals surface area contributed by atoms with E-state index in [4.69, 9.17) is 0 Å². The first-order valence-corrected chi connectivity index (χ1v) is 10.2. The molecule has 1 aliphatic heterocycles. The zero-order valence-electron chi connectivity index (χ0n) is 16.6. The van der Waals surface area contributed by atoms with Crippen molar-refractivity contribution in [2.45, 2.75) is 25.9 Å². The monoisotopic (exact) mass is 392 g/mol. The van der Waals surface area contributed by atoms with Crippen LogP contribution in [0.15, 0.2) is 59.4 Å². The van der Waals surface area contributed by atoms with E-state index in [1.807, 2.05) is 24.0 Å². The molecule has 1 atom stereocenters. The highest BCUT2D eigenvalue weighted by Gasteiger charge is 2.30. The lowest BCUT2D eigenvalue weighted by molar-refractivity contribution is -0.917. The smallest absolute Gasteiger partial charge is 0.278 e. The summed E-state index contributed by atoms with van der Waals surface area (Å²) in [6.45, 7) is 6.05. The Morgan fingerprint density at radius 3 is 2.48 bits per heavy atom. The predicted octanol–water partition coefficient (Wildman–Crippen LogP) is 0.670. The Balaban J connectivity index is 1.46. The van der Waals surface area contributed by atoms with Gasteiger partial charge in [-0.15, -0.1) is 5.10 Å². The third-order valence-electron chi connectivity index (χ3n) is 5.64. The van der Waals surface area contributed by atoms with Gasteiger partial charge < -0.3 is 9.80 Å². The molecule has 1 saturated heterocycles. The van der Waals surface area contributed by atoms with Crippen LogP contribution in [0.4, 0.5) is 0 Å². The normalized spacial score (nSPS) is 16.1. The second-order valence-electron chi connectivity index (χ2n) is 7.52. The SMILES string of the molecule is CC[C@H](C(=O)N1CC[NH+](Cc2ccccc2)CC1)n1nnc2ccccc2c1=O. The molecule has 7 nitrogen and oxygen atoms in total. The molecule has 29 heavy (non-hydrogen) atoms. The van der Waals surface area contributed by atoms with Crippen LogP contribution in [0.5, 0.6) is 0 Å². The number of nitrogens with zero attached hydrogens (tertiary/aromatic N) is 4. The summed E-state index contributed by atoms with van der Waals surface area (Å²) < 4.78 is 1.26. The first-order valence-electron chi connectivity index (χ1n) is 10.2. The van der Waals surface area contributed by atoms with Crippen LogP contribution < -0.4 is 10.5 Å². The number of nitrogens with one attached hydrogen (secondary N) is 1. The van der Waals surface area contributed by atoms with Crippen molar-refractivity contribution in [3.8, 4) is 0 Å². The number of amides is 1. The second-order valence-corrected chi connectivity index (χ2v) is 7.52. The topological polar surface area (TPSA) is 72.5 Å². The second kappa shape index (κ2) is 8.53. The highest BCUT2D eigenvalue weighted by Crippen LogP contribution is 2.14. The minimum Gasteiger partial charge on any atom is -0.330 e. The van der Waals surface area contributed by atoms with Gasteiger partial charge in [0, 0.05) is 5.56 Å². The van der Waals surface area contributed by atoms with Crippen LogP contribution in [0.25, 0.3) is 10.9 Å². The molecular weight excluding hydrogens is 366 g/mol. The maximum absolute atomic E-state index is 13.2. The summed E-state index contributed by atoms with van der Waals surface area (Å²) in [7, 11) is 0. The van der Waals surface area contributed by atoms with Crippen molar-refractivity contribution in [3.63, 3.8) is 0 Å². The number of hydrogen-bond acceptors (Lipinski definition) is 4. The fourth-order valence-electron chi connectivity index (χ4n) is 3.97. The highest BCUT2D eigenvalue weighted by molar-refractivity contribution is 5.81. The number of hydrogen-bond donors (Lipinski definition) is 1. The highest BCUT2D eigenvalue weighted by atomic mass is 16.2. The van der Waals surface area contributed by atoms with Gasteiger partial charge in [0.15, 0.2) is 0 Å². The van der Waals surface area contributed by atoms with Crippen molar-refractivity contribution < 1.29 is 9.69 Å². The van der Waals surface area contributed by atoms with Gasteiger partial charge in [-0.05, 0) is 18.6 Å². The van der Waals surface area contributed by atoms with E-state index >= 15 is 0 Å². The van der Waals surface area contributed by atoms with Gasteiger partial charge in [-0.1, -0.05) is 54.6 Å². The zero-order chi connectivity index (χ0) is 20.2. The van der Waals surface area contributed by atoms with Crippen molar-refractivity contribution in [1.29, 1.82) is 0 Å². The van der Waals surface area contributed by atoms with Crippen LogP contribution in [0.1, 0.15) is 24.9 Å². The van der Waals surface area contributed by atoms with Gasteiger partial charge in [0.05, 0.1) is 31.6 Å². The maximum Gasteiger partial charge on any atom is 0.278 e. The number of rotatable bonds is 5. The number of quaternary nitrogens is 1. The van der Waals surface area contributed by atoms with Gasteiger partial charge in [0.2, 0.25) is 5.91 Å². The Kier molecular flexibility index (Phi) is 5.67. The van der Waals surface area contributed by atoms with Crippen molar-refractivity contribution in [3.05, 3.63) is 70.5 Å². The first-order chi connectivity index (χ1) is 14.2. The molecule has 150 valence electrons. The molecule has 0 saturated carbocycles. The summed E-state index contributed by atoms with van der Waals surface area (Å²) in [5.74, 6) is -0.0436. The molecule has 0 unspecified atom stereocenters. The Morgan fingerprint density at radius 1 is 1.07 bits per heavy atom. The molecule has 7 heteroatoms. The van der Waals surface area contributed by atoms with Crippen molar-refractivity contribution in [2.24, 2.45) is 0 Å². The number of fused-ring (bicyclic) bond motifs is 1. The lowest BCUT2D eigenvalue weighted by Crippen LogP contribution is -3.13. The van der Waals surface area contributed by atoms with E-state index in [1.165, 1.54) is 15.1 Å². The van der Waals surface area contributed by atoms with E-state index < -0.39 is 6.04 Å². The maximum atomic E-state index is 13.2. The predicted molar refractivity (Wildman–Crippen MR) is 111 cm³/mol. The minimum atomic E-state index is -0.615. The molecule has 1 fully saturated rings. The standard InChI is InChI=1S/C22H25N5O2/c1-2-20(27-21(28)18-10-6-7-11-19(18)23-24-27)22(29)26-14-12-25(13-15-26)16-17-8-4-3-5-9-17/h3-11,20H,2,12-16H2,1H3/p+1/t20-/m1/s1. The van der Waals surface area contributed by atoms with Crippen LogP contribution in [0.3, 0.4) is 0 Å². The molecular formula is C22H26N5O2+. The summed E-state index contributed by atoms with van der Waals surface area (Å²) in [5, 5.41) is 8.69. The molecule has 2 heterocycles. The Bertz CT molecular complexity index is 1040. The summed E-state index contributed by atoms with van der Waals surface area (Å²) in [5.41, 5.74) is 1.60. The molecule has 4 rings (SSSR count). The third kappa shape index (κ3) is 4.05. The van der Waals surface area contributed by atoms with Gasteiger partial charge in [0.25, 0.3) is 5.56 Å². The number of aromatic nitrogens is 3. The first kappa shape index (κ1) is 19.3. The molecule has 2 aromatic carbocycles. The lowest BCUT2D eigenvalue weighted by Gasteiger charge is -2.34. The molecule has 0 bridgehead atoms. The third-order valence-corrected chi connectivity index (χ3v) is 5.64. The Labute approximate surface area is 169 Å². The van der Waals surface area contributed by atoms with Gasteiger partial charge in [-0.2, -0.15) is 4.68 Å². The zero-order valence-corrected chi connectivity index (χ0v) is 16.6. The lowest BCUT2D eigenvalue weighted by atomic mass is 10.1. The van der Waals surface area contributed by atoms with Crippen LogP contribution in [0, 0.1) is 0 Å².